The summed E-state index contributed by atoms with van der Waals surface area (Å²) in [5.74, 6) is 1.57. The Labute approximate surface area is 158 Å². The van der Waals surface area contributed by atoms with Crippen molar-refractivity contribution in [1.29, 1.82) is 0 Å². The van der Waals surface area contributed by atoms with E-state index in [1.54, 1.807) is 12.1 Å². The van der Waals surface area contributed by atoms with Crippen LogP contribution < -0.4 is 10.5 Å². The molecule has 1 aliphatic heterocycles. The summed E-state index contributed by atoms with van der Waals surface area (Å²) < 4.78 is 29.6. The van der Waals surface area contributed by atoms with E-state index >= 15 is 0 Å². The Kier molecular flexibility index (Phi) is 6.65. The lowest BCUT2D eigenvalue weighted by atomic mass is 10.0. The van der Waals surface area contributed by atoms with Gasteiger partial charge in [-0.3, -0.25) is 0 Å². The molecule has 0 bridgehead atoms. The molecule has 1 heterocycles. The number of likely N-dealkylation sites (tertiary alicyclic amines) is 1. The largest absolute Gasteiger partial charge is 0.435 e. The lowest BCUT2D eigenvalue weighted by Gasteiger charge is -2.31. The van der Waals surface area contributed by atoms with E-state index in [2.05, 4.69) is 21.6 Å². The minimum Gasteiger partial charge on any atom is -0.435 e. The summed E-state index contributed by atoms with van der Waals surface area (Å²) in [5.41, 5.74) is 6.93. The van der Waals surface area contributed by atoms with Gasteiger partial charge in [-0.2, -0.15) is 8.78 Å². The van der Waals surface area contributed by atoms with E-state index in [4.69, 9.17) is 5.73 Å². The van der Waals surface area contributed by atoms with Gasteiger partial charge in [-0.1, -0.05) is 25.1 Å². The van der Waals surface area contributed by atoms with Crippen molar-refractivity contribution in [3.8, 4) is 5.75 Å². The zero-order valence-electron chi connectivity index (χ0n) is 13.7. The van der Waals surface area contributed by atoms with Gasteiger partial charge in [0.15, 0.2) is 5.96 Å². The quantitative estimate of drug-likeness (QED) is 0.431. The zero-order valence-corrected chi connectivity index (χ0v) is 16.0. The Balaban J connectivity index is 0.00000208. The van der Waals surface area contributed by atoms with Crippen molar-refractivity contribution in [1.82, 2.24) is 4.90 Å². The molecule has 134 valence electrons. The lowest BCUT2D eigenvalue weighted by molar-refractivity contribution is -0.0504. The van der Waals surface area contributed by atoms with Crippen molar-refractivity contribution in [3.63, 3.8) is 0 Å². The second-order valence-corrected chi connectivity index (χ2v) is 6.51. The number of alkyl halides is 2. The highest BCUT2D eigenvalue weighted by Gasteiger charge is 2.41. The number of benzene rings is 1. The number of guanidine groups is 1. The Hall–Kier alpha value is -1.12. The van der Waals surface area contributed by atoms with Gasteiger partial charge in [-0.15, -0.1) is 24.0 Å². The number of ether oxygens (including phenoxy) is 1. The molecule has 1 aromatic rings. The number of piperidine rings is 1. The highest BCUT2D eigenvalue weighted by molar-refractivity contribution is 14.0. The van der Waals surface area contributed by atoms with Gasteiger partial charge in [-0.05, 0) is 36.8 Å². The molecule has 3 rings (SSSR count). The second kappa shape index (κ2) is 8.31. The zero-order chi connectivity index (χ0) is 16.4. The molecular weight excluding hydrogens is 427 g/mol. The van der Waals surface area contributed by atoms with Crippen LogP contribution in [0.25, 0.3) is 0 Å². The molecule has 7 heteroatoms. The van der Waals surface area contributed by atoms with Crippen LogP contribution in [0.1, 0.15) is 37.7 Å². The summed E-state index contributed by atoms with van der Waals surface area (Å²) in [6.07, 6.45) is 3.19. The van der Waals surface area contributed by atoms with Crippen molar-refractivity contribution in [2.75, 3.05) is 13.1 Å². The van der Waals surface area contributed by atoms with Crippen LogP contribution >= 0.6 is 24.0 Å². The van der Waals surface area contributed by atoms with E-state index in [1.807, 2.05) is 12.1 Å². The molecule has 4 nitrogen and oxygen atoms in total. The SMILES string of the molecule is CC1CCCN(C(N)=N[C@H]2C[C@@H]2c2ccccc2OC(F)F)C1.I. The summed E-state index contributed by atoms with van der Waals surface area (Å²) in [5, 5.41) is 0. The van der Waals surface area contributed by atoms with Gasteiger partial charge in [0.05, 0.1) is 6.04 Å². The van der Waals surface area contributed by atoms with Crippen LogP contribution in [0.15, 0.2) is 29.3 Å². The number of nitrogens with zero attached hydrogens (tertiary/aromatic N) is 2. The monoisotopic (exact) mass is 451 g/mol. The molecule has 0 amide bonds. The average molecular weight is 451 g/mol. The van der Waals surface area contributed by atoms with Gasteiger partial charge in [-0.25, -0.2) is 4.99 Å². The third kappa shape index (κ3) is 4.70. The molecule has 0 aromatic heterocycles. The van der Waals surface area contributed by atoms with E-state index in [-0.39, 0.29) is 41.7 Å². The van der Waals surface area contributed by atoms with Crippen molar-refractivity contribution in [2.24, 2.45) is 16.6 Å². The fraction of sp³-hybridized carbons (Fsp3) is 0.588. The van der Waals surface area contributed by atoms with Gasteiger partial charge in [0.1, 0.15) is 5.75 Å². The van der Waals surface area contributed by atoms with Crippen LogP contribution in [0.5, 0.6) is 5.75 Å². The molecule has 1 saturated carbocycles. The van der Waals surface area contributed by atoms with Crippen LogP contribution in [0, 0.1) is 5.92 Å². The predicted molar refractivity (Wildman–Crippen MR) is 101 cm³/mol. The number of halogens is 3. The molecule has 1 aliphatic carbocycles. The fourth-order valence-electron chi connectivity index (χ4n) is 3.30. The Morgan fingerprint density at radius 1 is 1.38 bits per heavy atom. The maximum absolute atomic E-state index is 12.5. The van der Waals surface area contributed by atoms with Crippen LogP contribution in [-0.2, 0) is 0 Å². The highest BCUT2D eigenvalue weighted by Crippen LogP contribution is 2.47. The molecule has 0 spiro atoms. The first kappa shape index (κ1) is 19.2. The topological polar surface area (TPSA) is 50.8 Å². The third-order valence-corrected chi connectivity index (χ3v) is 4.57. The van der Waals surface area contributed by atoms with Crippen LogP contribution in [-0.4, -0.2) is 36.6 Å². The first-order chi connectivity index (χ1) is 11.0. The number of hydrogen-bond donors (Lipinski definition) is 1. The maximum Gasteiger partial charge on any atom is 0.387 e. The summed E-state index contributed by atoms with van der Waals surface area (Å²) in [6.45, 7) is 1.30. The van der Waals surface area contributed by atoms with Crippen LogP contribution in [0.4, 0.5) is 8.78 Å². The van der Waals surface area contributed by atoms with Crippen LogP contribution in [0.3, 0.4) is 0 Å². The summed E-state index contributed by atoms with van der Waals surface area (Å²) in [4.78, 5) is 6.73. The average Bonchev–Trinajstić information content (AvgIpc) is 3.26. The number of nitrogens with two attached hydrogens (primary N) is 1. The van der Waals surface area contributed by atoms with Gasteiger partial charge in [0, 0.05) is 19.0 Å². The molecule has 1 saturated heterocycles. The van der Waals surface area contributed by atoms with Gasteiger partial charge >= 0.3 is 6.61 Å². The minimum atomic E-state index is -2.81. The van der Waals surface area contributed by atoms with Crippen molar-refractivity contribution < 1.29 is 13.5 Å². The Morgan fingerprint density at radius 3 is 2.83 bits per heavy atom. The molecule has 2 aliphatic rings. The number of rotatable bonds is 4. The van der Waals surface area contributed by atoms with E-state index in [1.165, 1.54) is 6.42 Å². The third-order valence-electron chi connectivity index (χ3n) is 4.57. The molecule has 24 heavy (non-hydrogen) atoms. The van der Waals surface area contributed by atoms with E-state index < -0.39 is 6.61 Å². The number of para-hydroxylation sites is 1. The molecule has 2 N–H and O–H groups in total. The molecule has 2 fully saturated rings. The minimum absolute atomic E-state index is 0. The predicted octanol–water partition coefficient (Wildman–Crippen LogP) is 3.81. The van der Waals surface area contributed by atoms with Gasteiger partial charge < -0.3 is 15.4 Å². The summed E-state index contributed by atoms with van der Waals surface area (Å²) in [6, 6.07) is 7.01. The number of aliphatic imine (C=N–C) groups is 1. The standard InChI is InChI=1S/C17H23F2N3O.HI/c1-11-5-4-8-22(10-11)17(20)21-14-9-13(14)12-6-2-3-7-15(12)23-16(18)19;/h2-3,6-7,11,13-14,16H,4-5,8-10H2,1H3,(H2,20,21);1H/t11?,13-,14+;/m1./s1. The van der Waals surface area contributed by atoms with E-state index in [0.717, 1.165) is 31.5 Å². The molecular formula is C17H24F2IN3O. The highest BCUT2D eigenvalue weighted by atomic mass is 127. The van der Waals surface area contributed by atoms with Crippen molar-refractivity contribution in [3.05, 3.63) is 29.8 Å². The van der Waals surface area contributed by atoms with Crippen LogP contribution in [0.2, 0.25) is 0 Å². The Bertz CT molecular complexity index is 585. The lowest BCUT2D eigenvalue weighted by Crippen LogP contribution is -2.43. The molecule has 1 aromatic carbocycles. The van der Waals surface area contributed by atoms with Crippen molar-refractivity contribution in [2.45, 2.75) is 44.8 Å². The molecule has 3 atom stereocenters. The maximum atomic E-state index is 12.5. The number of hydrogen-bond acceptors (Lipinski definition) is 2. The van der Waals surface area contributed by atoms with Gasteiger partial charge in [0.25, 0.3) is 0 Å². The van der Waals surface area contributed by atoms with Crippen molar-refractivity contribution >= 4 is 29.9 Å². The first-order valence-corrected chi connectivity index (χ1v) is 8.16. The fourth-order valence-corrected chi connectivity index (χ4v) is 3.30. The molecule has 0 radical (unpaired) electrons. The Morgan fingerprint density at radius 2 is 2.12 bits per heavy atom. The summed E-state index contributed by atoms with van der Waals surface area (Å²) in [7, 11) is 0. The first-order valence-electron chi connectivity index (χ1n) is 8.16. The molecule has 1 unspecified atom stereocenters. The summed E-state index contributed by atoms with van der Waals surface area (Å²) >= 11 is 0. The smallest absolute Gasteiger partial charge is 0.387 e. The van der Waals surface area contributed by atoms with E-state index in [9.17, 15) is 8.78 Å². The van der Waals surface area contributed by atoms with E-state index in [0.29, 0.717) is 11.9 Å². The van der Waals surface area contributed by atoms with Gasteiger partial charge in [0.2, 0.25) is 0 Å². The normalized spacial score (nSPS) is 26.9. The second-order valence-electron chi connectivity index (χ2n) is 6.51.